The summed E-state index contributed by atoms with van der Waals surface area (Å²) in [5.74, 6) is 0.609. The highest BCUT2D eigenvalue weighted by atomic mass is 32.1. The van der Waals surface area contributed by atoms with Crippen molar-refractivity contribution >= 4 is 23.2 Å². The van der Waals surface area contributed by atoms with Crippen LogP contribution in [0.25, 0.3) is 0 Å². The van der Waals surface area contributed by atoms with Gasteiger partial charge in [0.2, 0.25) is 11.8 Å². The molecule has 1 aliphatic carbocycles. The molecule has 0 spiro atoms. The van der Waals surface area contributed by atoms with Crippen LogP contribution < -0.4 is 5.32 Å². The minimum absolute atomic E-state index is 0.0271. The Morgan fingerprint density at radius 2 is 1.78 bits per heavy atom. The smallest absolute Gasteiger partial charge is 0.234 e. The van der Waals surface area contributed by atoms with Gasteiger partial charge in [0.25, 0.3) is 0 Å². The first kappa shape index (κ1) is 18.2. The summed E-state index contributed by atoms with van der Waals surface area (Å²) in [4.78, 5) is 30.1. The quantitative estimate of drug-likeness (QED) is 0.834. The summed E-state index contributed by atoms with van der Waals surface area (Å²) >= 11 is 1.65. The van der Waals surface area contributed by atoms with E-state index in [9.17, 15) is 9.59 Å². The van der Waals surface area contributed by atoms with Crippen LogP contribution in [0.15, 0.2) is 47.8 Å². The molecular formula is C21H25N3O2S. The number of rotatable bonds is 6. The molecule has 2 heterocycles. The highest BCUT2D eigenvalue weighted by Crippen LogP contribution is 2.31. The van der Waals surface area contributed by atoms with E-state index in [0.29, 0.717) is 12.5 Å². The lowest BCUT2D eigenvalue weighted by Crippen LogP contribution is -2.51. The Bertz CT molecular complexity index is 766. The fourth-order valence-electron chi connectivity index (χ4n) is 3.54. The van der Waals surface area contributed by atoms with E-state index in [0.717, 1.165) is 49.5 Å². The van der Waals surface area contributed by atoms with Crippen LogP contribution in [0.1, 0.15) is 29.3 Å². The monoisotopic (exact) mass is 383 g/mol. The van der Waals surface area contributed by atoms with E-state index in [1.807, 2.05) is 46.7 Å². The van der Waals surface area contributed by atoms with Gasteiger partial charge < -0.3 is 10.2 Å². The van der Waals surface area contributed by atoms with E-state index < -0.39 is 0 Å². The summed E-state index contributed by atoms with van der Waals surface area (Å²) in [6, 6.07) is 14.0. The molecule has 2 aliphatic rings. The van der Waals surface area contributed by atoms with Crippen molar-refractivity contribution in [3.8, 4) is 0 Å². The van der Waals surface area contributed by atoms with Gasteiger partial charge in [-0.2, -0.15) is 0 Å². The van der Waals surface area contributed by atoms with Crippen molar-refractivity contribution in [2.75, 3.05) is 32.7 Å². The third-order valence-corrected chi connectivity index (χ3v) is 6.18. The average Bonchev–Trinajstić information content (AvgIpc) is 3.41. The molecule has 2 amide bonds. The summed E-state index contributed by atoms with van der Waals surface area (Å²) in [7, 11) is 0. The van der Waals surface area contributed by atoms with Crippen LogP contribution in [0.4, 0.5) is 0 Å². The van der Waals surface area contributed by atoms with Gasteiger partial charge in [-0.15, -0.1) is 11.3 Å². The number of amides is 2. The standard InChI is InChI=1S/C21H25N3O2S/c25-19(15-23-10-12-24(13-11-23)21(26)17-8-9-17)22-20(18-7-4-14-27-18)16-5-2-1-3-6-16/h1-7,14,17,20H,8-13,15H2,(H,22,25). The summed E-state index contributed by atoms with van der Waals surface area (Å²) in [6.07, 6.45) is 2.09. The molecule has 1 saturated carbocycles. The number of carbonyl (C=O) groups excluding carboxylic acids is 2. The van der Waals surface area contributed by atoms with Crippen LogP contribution in [0.2, 0.25) is 0 Å². The molecule has 1 N–H and O–H groups in total. The molecule has 2 aromatic rings. The Morgan fingerprint density at radius 1 is 1.04 bits per heavy atom. The second-order valence-corrected chi connectivity index (χ2v) is 8.28. The van der Waals surface area contributed by atoms with Gasteiger partial charge in [-0.25, -0.2) is 0 Å². The van der Waals surface area contributed by atoms with E-state index in [1.165, 1.54) is 0 Å². The van der Waals surface area contributed by atoms with Gasteiger partial charge >= 0.3 is 0 Å². The zero-order valence-corrected chi connectivity index (χ0v) is 16.2. The van der Waals surface area contributed by atoms with Crippen molar-refractivity contribution < 1.29 is 9.59 Å². The number of piperazine rings is 1. The molecule has 4 rings (SSSR count). The molecule has 27 heavy (non-hydrogen) atoms. The minimum Gasteiger partial charge on any atom is -0.343 e. The molecule has 5 nitrogen and oxygen atoms in total. The Morgan fingerprint density at radius 3 is 2.41 bits per heavy atom. The first-order chi connectivity index (χ1) is 13.2. The van der Waals surface area contributed by atoms with Crippen molar-refractivity contribution in [3.05, 3.63) is 58.3 Å². The second-order valence-electron chi connectivity index (χ2n) is 7.30. The fourth-order valence-corrected chi connectivity index (χ4v) is 4.35. The number of carbonyl (C=O) groups is 2. The highest BCUT2D eigenvalue weighted by molar-refractivity contribution is 7.10. The Kier molecular flexibility index (Phi) is 5.55. The molecule has 1 aromatic carbocycles. The van der Waals surface area contributed by atoms with Gasteiger partial charge in [-0.05, 0) is 29.9 Å². The van der Waals surface area contributed by atoms with E-state index >= 15 is 0 Å². The molecule has 1 saturated heterocycles. The third kappa shape index (κ3) is 4.57. The Hall–Kier alpha value is -2.18. The van der Waals surface area contributed by atoms with E-state index in [1.54, 1.807) is 11.3 Å². The van der Waals surface area contributed by atoms with Crippen LogP contribution in [0.3, 0.4) is 0 Å². The molecule has 142 valence electrons. The first-order valence-electron chi connectivity index (χ1n) is 9.59. The lowest BCUT2D eigenvalue weighted by atomic mass is 10.1. The van der Waals surface area contributed by atoms with Gasteiger partial charge in [0.05, 0.1) is 12.6 Å². The van der Waals surface area contributed by atoms with E-state index in [2.05, 4.69) is 16.3 Å². The molecule has 0 bridgehead atoms. The number of benzene rings is 1. The molecule has 0 radical (unpaired) electrons. The predicted octanol–water partition coefficient (Wildman–Crippen LogP) is 2.51. The number of hydrogen-bond donors (Lipinski definition) is 1. The van der Waals surface area contributed by atoms with Crippen LogP contribution >= 0.6 is 11.3 Å². The number of thiophene rings is 1. The maximum atomic E-state index is 12.7. The topological polar surface area (TPSA) is 52.7 Å². The zero-order chi connectivity index (χ0) is 18.6. The van der Waals surface area contributed by atoms with Crippen LogP contribution in [-0.4, -0.2) is 54.3 Å². The molecule has 6 heteroatoms. The van der Waals surface area contributed by atoms with Crippen molar-refractivity contribution in [2.24, 2.45) is 5.92 Å². The minimum atomic E-state index is -0.114. The predicted molar refractivity (Wildman–Crippen MR) is 106 cm³/mol. The zero-order valence-electron chi connectivity index (χ0n) is 15.3. The summed E-state index contributed by atoms with van der Waals surface area (Å²) in [5.41, 5.74) is 1.09. The Balaban J connectivity index is 1.33. The lowest BCUT2D eigenvalue weighted by molar-refractivity contribution is -0.134. The van der Waals surface area contributed by atoms with Crippen molar-refractivity contribution in [1.82, 2.24) is 15.1 Å². The Labute approximate surface area is 164 Å². The van der Waals surface area contributed by atoms with Gasteiger partial charge in [0.15, 0.2) is 0 Å². The van der Waals surface area contributed by atoms with Crippen molar-refractivity contribution in [3.63, 3.8) is 0 Å². The first-order valence-corrected chi connectivity index (χ1v) is 10.5. The highest BCUT2D eigenvalue weighted by Gasteiger charge is 2.34. The number of nitrogens with zero attached hydrogens (tertiary/aromatic N) is 2. The second kappa shape index (κ2) is 8.23. The molecule has 2 fully saturated rings. The van der Waals surface area contributed by atoms with Gasteiger partial charge in [0.1, 0.15) is 0 Å². The molecule has 1 unspecified atom stereocenters. The van der Waals surface area contributed by atoms with Crippen LogP contribution in [-0.2, 0) is 9.59 Å². The largest absolute Gasteiger partial charge is 0.343 e. The summed E-state index contributed by atoms with van der Waals surface area (Å²) < 4.78 is 0. The third-order valence-electron chi connectivity index (χ3n) is 5.24. The SMILES string of the molecule is O=C(CN1CCN(C(=O)C2CC2)CC1)NC(c1ccccc1)c1cccs1. The molecule has 1 aromatic heterocycles. The molecular weight excluding hydrogens is 358 g/mol. The van der Waals surface area contributed by atoms with Gasteiger partial charge in [-0.3, -0.25) is 14.5 Å². The van der Waals surface area contributed by atoms with Gasteiger partial charge in [0, 0.05) is 37.0 Å². The van der Waals surface area contributed by atoms with E-state index in [-0.39, 0.29) is 17.9 Å². The van der Waals surface area contributed by atoms with Crippen molar-refractivity contribution in [2.45, 2.75) is 18.9 Å². The maximum absolute atomic E-state index is 12.7. The molecule has 1 aliphatic heterocycles. The van der Waals surface area contributed by atoms with E-state index in [4.69, 9.17) is 0 Å². The van der Waals surface area contributed by atoms with Gasteiger partial charge in [-0.1, -0.05) is 36.4 Å². The average molecular weight is 384 g/mol. The van der Waals surface area contributed by atoms with Crippen LogP contribution in [0, 0.1) is 5.92 Å². The number of hydrogen-bond acceptors (Lipinski definition) is 4. The number of nitrogens with one attached hydrogen (secondary N) is 1. The maximum Gasteiger partial charge on any atom is 0.234 e. The van der Waals surface area contributed by atoms with Crippen LogP contribution in [0.5, 0.6) is 0 Å². The summed E-state index contributed by atoms with van der Waals surface area (Å²) in [6.45, 7) is 3.37. The molecule has 1 atom stereocenters. The lowest BCUT2D eigenvalue weighted by Gasteiger charge is -2.34. The summed E-state index contributed by atoms with van der Waals surface area (Å²) in [5, 5.41) is 5.23. The fraction of sp³-hybridized carbons (Fsp3) is 0.429. The van der Waals surface area contributed by atoms with Crippen molar-refractivity contribution in [1.29, 1.82) is 0 Å². The normalized spacial score (nSPS) is 18.9.